The van der Waals surface area contributed by atoms with Crippen molar-refractivity contribution in [3.8, 4) is 5.75 Å². The minimum absolute atomic E-state index is 0. The van der Waals surface area contributed by atoms with Crippen LogP contribution in [0.5, 0.6) is 5.75 Å². The van der Waals surface area contributed by atoms with Gasteiger partial charge in [-0.2, -0.15) is 0 Å². The normalized spacial score (nSPS) is 9.79. The van der Waals surface area contributed by atoms with E-state index in [2.05, 4.69) is 0 Å². The number of benzene rings is 1. The van der Waals surface area contributed by atoms with Crippen LogP contribution < -0.4 is 5.73 Å². The molecule has 0 fully saturated rings. The molecule has 0 aliphatic carbocycles. The average molecular weight is 236 g/mol. The second-order valence-electron chi connectivity index (χ2n) is 3.22. The fourth-order valence-electron chi connectivity index (χ4n) is 1.41. The van der Waals surface area contributed by atoms with E-state index >= 15 is 0 Å². The van der Waals surface area contributed by atoms with E-state index in [0.29, 0.717) is 11.6 Å². The number of phenolic OH excluding ortho intramolecular Hbond substituents is 1. The molecule has 80 valence electrons. The molecular formula is C10H15Cl2NO. The van der Waals surface area contributed by atoms with Gasteiger partial charge in [0.25, 0.3) is 0 Å². The molecule has 0 saturated carbocycles. The fourth-order valence-corrected chi connectivity index (χ4v) is 1.67. The third-order valence-corrected chi connectivity index (χ3v) is 3.09. The minimum Gasteiger partial charge on any atom is -0.507 e. The van der Waals surface area contributed by atoms with Gasteiger partial charge in [0.1, 0.15) is 5.75 Å². The monoisotopic (exact) mass is 235 g/mol. The maximum Gasteiger partial charge on any atom is 0.123 e. The molecule has 1 aromatic rings. The molecule has 0 spiro atoms. The van der Waals surface area contributed by atoms with Crippen LogP contribution >= 0.6 is 24.0 Å². The molecule has 0 aliphatic rings. The van der Waals surface area contributed by atoms with E-state index in [4.69, 9.17) is 17.3 Å². The van der Waals surface area contributed by atoms with Crippen molar-refractivity contribution in [2.24, 2.45) is 5.73 Å². The second kappa shape index (κ2) is 4.87. The van der Waals surface area contributed by atoms with Crippen LogP contribution in [-0.4, -0.2) is 5.11 Å². The third-order valence-electron chi connectivity index (χ3n) is 2.52. The molecule has 14 heavy (non-hydrogen) atoms. The summed E-state index contributed by atoms with van der Waals surface area (Å²) in [5.41, 5.74) is 8.88. The molecular weight excluding hydrogens is 221 g/mol. The van der Waals surface area contributed by atoms with E-state index in [9.17, 15) is 5.11 Å². The predicted molar refractivity (Wildman–Crippen MR) is 62.5 cm³/mol. The Morgan fingerprint density at radius 3 is 2.07 bits per heavy atom. The number of rotatable bonds is 1. The van der Waals surface area contributed by atoms with E-state index in [1.165, 1.54) is 0 Å². The van der Waals surface area contributed by atoms with Crippen LogP contribution in [0.3, 0.4) is 0 Å². The molecule has 0 atom stereocenters. The van der Waals surface area contributed by atoms with E-state index in [0.717, 1.165) is 22.3 Å². The van der Waals surface area contributed by atoms with Gasteiger partial charge >= 0.3 is 0 Å². The number of aromatic hydroxyl groups is 1. The summed E-state index contributed by atoms with van der Waals surface area (Å²) in [5.74, 6) is 0.280. The van der Waals surface area contributed by atoms with Gasteiger partial charge in [0.05, 0.1) is 0 Å². The molecule has 0 saturated heterocycles. The van der Waals surface area contributed by atoms with Gasteiger partial charge in [-0.15, -0.1) is 12.4 Å². The average Bonchev–Trinajstić information content (AvgIpc) is 2.13. The van der Waals surface area contributed by atoms with Gasteiger partial charge in [-0.1, -0.05) is 11.6 Å². The zero-order valence-corrected chi connectivity index (χ0v) is 10.1. The fraction of sp³-hybridized carbons (Fsp3) is 0.400. The smallest absolute Gasteiger partial charge is 0.123 e. The predicted octanol–water partition coefficient (Wildman–Crippen LogP) is 2.85. The molecule has 0 bridgehead atoms. The lowest BCUT2D eigenvalue weighted by molar-refractivity contribution is 0.463. The van der Waals surface area contributed by atoms with Crippen LogP contribution in [0.4, 0.5) is 0 Å². The maximum atomic E-state index is 9.75. The highest BCUT2D eigenvalue weighted by Crippen LogP contribution is 2.34. The highest BCUT2D eigenvalue weighted by Gasteiger charge is 2.13. The van der Waals surface area contributed by atoms with Crippen molar-refractivity contribution >= 4 is 24.0 Å². The van der Waals surface area contributed by atoms with Gasteiger partial charge in [-0.05, 0) is 37.5 Å². The van der Waals surface area contributed by atoms with Crippen molar-refractivity contribution < 1.29 is 5.11 Å². The molecule has 0 unspecified atom stereocenters. The molecule has 2 nitrogen and oxygen atoms in total. The van der Waals surface area contributed by atoms with E-state index in [1.54, 1.807) is 0 Å². The van der Waals surface area contributed by atoms with Crippen molar-refractivity contribution in [1.82, 2.24) is 0 Å². The zero-order valence-electron chi connectivity index (χ0n) is 8.52. The van der Waals surface area contributed by atoms with Crippen molar-refractivity contribution in [3.05, 3.63) is 27.3 Å². The molecule has 0 aliphatic heterocycles. The molecule has 0 amide bonds. The van der Waals surface area contributed by atoms with Crippen molar-refractivity contribution in [2.45, 2.75) is 27.3 Å². The lowest BCUT2D eigenvalue weighted by Gasteiger charge is -2.14. The Morgan fingerprint density at radius 1 is 1.14 bits per heavy atom. The summed E-state index contributed by atoms with van der Waals surface area (Å²) in [6, 6.07) is 0. The van der Waals surface area contributed by atoms with Crippen LogP contribution in [0, 0.1) is 20.8 Å². The van der Waals surface area contributed by atoms with Crippen LogP contribution in [0.2, 0.25) is 5.02 Å². The zero-order chi connectivity index (χ0) is 10.2. The minimum atomic E-state index is 0. The first-order valence-electron chi connectivity index (χ1n) is 4.17. The SMILES string of the molecule is Cc1c(C)c(Cl)c(C)c(CN)c1O.Cl. The number of nitrogens with two attached hydrogens (primary N) is 1. The molecule has 0 radical (unpaired) electrons. The van der Waals surface area contributed by atoms with Crippen molar-refractivity contribution in [3.63, 3.8) is 0 Å². The van der Waals surface area contributed by atoms with Crippen LogP contribution in [-0.2, 0) is 6.54 Å². The summed E-state index contributed by atoms with van der Waals surface area (Å²) in [6.45, 7) is 5.93. The Morgan fingerprint density at radius 2 is 1.64 bits per heavy atom. The Labute approximate surface area is 95.5 Å². The number of hydrogen-bond donors (Lipinski definition) is 2. The summed E-state index contributed by atoms with van der Waals surface area (Å²) in [7, 11) is 0. The summed E-state index contributed by atoms with van der Waals surface area (Å²) in [4.78, 5) is 0. The van der Waals surface area contributed by atoms with Crippen LogP contribution in [0.25, 0.3) is 0 Å². The number of hydrogen-bond acceptors (Lipinski definition) is 2. The van der Waals surface area contributed by atoms with Crippen molar-refractivity contribution in [1.29, 1.82) is 0 Å². The van der Waals surface area contributed by atoms with Gasteiger partial charge in [-0.25, -0.2) is 0 Å². The summed E-state index contributed by atoms with van der Waals surface area (Å²) >= 11 is 6.07. The first-order chi connectivity index (χ1) is 6.00. The van der Waals surface area contributed by atoms with Gasteiger partial charge < -0.3 is 10.8 Å². The Hall–Kier alpha value is -0.440. The summed E-state index contributed by atoms with van der Waals surface area (Å²) in [5, 5.41) is 10.4. The Kier molecular flexibility index (Phi) is 4.72. The number of phenols is 1. The van der Waals surface area contributed by atoms with Crippen LogP contribution in [0.1, 0.15) is 22.3 Å². The van der Waals surface area contributed by atoms with Crippen molar-refractivity contribution in [2.75, 3.05) is 0 Å². The highest BCUT2D eigenvalue weighted by molar-refractivity contribution is 6.32. The van der Waals surface area contributed by atoms with E-state index in [-0.39, 0.29) is 18.2 Å². The molecule has 0 aromatic heterocycles. The topological polar surface area (TPSA) is 46.2 Å². The highest BCUT2D eigenvalue weighted by atomic mass is 35.5. The van der Waals surface area contributed by atoms with Gasteiger partial charge in [0.2, 0.25) is 0 Å². The van der Waals surface area contributed by atoms with Gasteiger partial charge in [0, 0.05) is 17.1 Å². The summed E-state index contributed by atoms with van der Waals surface area (Å²) in [6.07, 6.45) is 0. The Balaban J connectivity index is 0.00000169. The lowest BCUT2D eigenvalue weighted by Crippen LogP contribution is -2.03. The molecule has 1 rings (SSSR count). The van der Waals surface area contributed by atoms with Gasteiger partial charge in [-0.3, -0.25) is 0 Å². The maximum absolute atomic E-state index is 9.75. The summed E-state index contributed by atoms with van der Waals surface area (Å²) < 4.78 is 0. The molecule has 0 heterocycles. The van der Waals surface area contributed by atoms with E-state index in [1.807, 2.05) is 20.8 Å². The Bertz CT molecular complexity index is 321. The molecule has 4 heteroatoms. The number of halogens is 2. The second-order valence-corrected chi connectivity index (χ2v) is 3.60. The van der Waals surface area contributed by atoms with E-state index < -0.39 is 0 Å². The standard InChI is InChI=1S/C10H14ClNO.ClH/c1-5-6(2)10(13)8(4-12)7(3)9(5)11;/h13H,4,12H2,1-3H3;1H. The first-order valence-corrected chi connectivity index (χ1v) is 4.55. The quantitative estimate of drug-likeness (QED) is 0.787. The molecule has 3 N–H and O–H groups in total. The lowest BCUT2D eigenvalue weighted by atomic mass is 9.99. The first kappa shape index (κ1) is 13.6. The third kappa shape index (κ3) is 1.97. The largest absolute Gasteiger partial charge is 0.507 e. The molecule has 1 aromatic carbocycles. The van der Waals surface area contributed by atoms with Crippen LogP contribution in [0.15, 0.2) is 0 Å². The van der Waals surface area contributed by atoms with Gasteiger partial charge in [0.15, 0.2) is 0 Å².